The van der Waals surface area contributed by atoms with Crippen LogP contribution in [0.5, 0.6) is 11.5 Å². The number of nitrogens with zero attached hydrogens (tertiary/aromatic N) is 1. The first-order valence-corrected chi connectivity index (χ1v) is 12.0. The molecule has 3 aromatic rings. The average molecular weight is 480 g/mol. The van der Waals surface area contributed by atoms with E-state index in [1.807, 2.05) is 80.6 Å². The fourth-order valence-corrected chi connectivity index (χ4v) is 5.87. The number of rotatable bonds is 3. The van der Waals surface area contributed by atoms with Crippen molar-refractivity contribution in [3.8, 4) is 11.5 Å². The predicted molar refractivity (Wildman–Crippen MR) is 135 cm³/mol. The number of benzene rings is 3. The minimum absolute atomic E-state index is 0.294. The molecule has 3 aromatic carbocycles. The Labute approximate surface area is 209 Å². The van der Waals surface area contributed by atoms with Crippen LogP contribution in [-0.2, 0) is 14.4 Å². The van der Waals surface area contributed by atoms with Crippen LogP contribution in [0.3, 0.4) is 0 Å². The van der Waals surface area contributed by atoms with Crippen molar-refractivity contribution >= 4 is 29.0 Å². The van der Waals surface area contributed by atoms with Gasteiger partial charge in [0.1, 0.15) is 11.5 Å². The first kappa shape index (κ1) is 22.3. The van der Waals surface area contributed by atoms with Gasteiger partial charge in [-0.3, -0.25) is 14.4 Å². The fraction of sp³-hybridized carbons (Fsp3) is 0.233. The second-order valence-corrected chi connectivity index (χ2v) is 9.67. The highest BCUT2D eigenvalue weighted by Crippen LogP contribution is 2.55. The van der Waals surface area contributed by atoms with Gasteiger partial charge in [-0.2, -0.15) is 0 Å². The summed E-state index contributed by atoms with van der Waals surface area (Å²) >= 11 is 0. The first-order chi connectivity index (χ1) is 17.4. The number of aryl methyl sites for hydroxylation is 2. The second kappa shape index (κ2) is 8.19. The molecule has 3 aliphatic rings. The Morgan fingerprint density at radius 3 is 2.31 bits per heavy atom. The SMILES string of the molecule is COc1ccc([C@@H]2C=C3c4ccc(C)cc4OC(=O)[C@@H]3[C@@H]3C(=O)N(c4ccccc4C)C(=O)[C@H]32)cc1. The molecule has 2 amide bonds. The van der Waals surface area contributed by atoms with Crippen LogP contribution in [0.15, 0.2) is 72.8 Å². The van der Waals surface area contributed by atoms with E-state index in [0.29, 0.717) is 17.2 Å². The maximum absolute atomic E-state index is 14.0. The zero-order valence-corrected chi connectivity index (χ0v) is 20.2. The van der Waals surface area contributed by atoms with Crippen LogP contribution in [-0.4, -0.2) is 24.9 Å². The van der Waals surface area contributed by atoms with E-state index in [1.165, 1.54) is 4.90 Å². The van der Waals surface area contributed by atoms with E-state index in [9.17, 15) is 14.4 Å². The monoisotopic (exact) mass is 479 g/mol. The highest BCUT2D eigenvalue weighted by molar-refractivity contribution is 6.24. The molecule has 2 aliphatic heterocycles. The second-order valence-electron chi connectivity index (χ2n) is 9.67. The van der Waals surface area contributed by atoms with Crippen LogP contribution < -0.4 is 14.4 Å². The number of hydrogen-bond donors (Lipinski definition) is 0. The van der Waals surface area contributed by atoms with Crippen LogP contribution in [0.2, 0.25) is 0 Å². The normalized spacial score (nSPS) is 24.5. The lowest BCUT2D eigenvalue weighted by Crippen LogP contribution is -2.42. The molecule has 4 atom stereocenters. The van der Waals surface area contributed by atoms with Crippen molar-refractivity contribution in [1.82, 2.24) is 0 Å². The van der Waals surface area contributed by atoms with Gasteiger partial charge < -0.3 is 9.47 Å². The Morgan fingerprint density at radius 1 is 0.861 bits per heavy atom. The quantitative estimate of drug-likeness (QED) is 0.306. The summed E-state index contributed by atoms with van der Waals surface area (Å²) in [6.45, 7) is 3.81. The average Bonchev–Trinajstić information content (AvgIpc) is 3.13. The number of hydrogen-bond acceptors (Lipinski definition) is 5. The third-order valence-electron chi connectivity index (χ3n) is 7.61. The van der Waals surface area contributed by atoms with Gasteiger partial charge in [0.15, 0.2) is 0 Å². The lowest BCUT2D eigenvalue weighted by Gasteiger charge is -2.38. The Bertz CT molecular complexity index is 1450. The van der Waals surface area contributed by atoms with Crippen molar-refractivity contribution in [2.75, 3.05) is 12.0 Å². The van der Waals surface area contributed by atoms with Crippen LogP contribution in [0, 0.1) is 31.6 Å². The van der Waals surface area contributed by atoms with E-state index >= 15 is 0 Å². The fourth-order valence-electron chi connectivity index (χ4n) is 5.87. The van der Waals surface area contributed by atoms with E-state index in [1.54, 1.807) is 13.2 Å². The van der Waals surface area contributed by atoms with Gasteiger partial charge in [0, 0.05) is 11.5 Å². The lowest BCUT2D eigenvalue weighted by molar-refractivity contribution is -0.142. The van der Waals surface area contributed by atoms with Crippen molar-refractivity contribution in [2.45, 2.75) is 19.8 Å². The van der Waals surface area contributed by atoms with Crippen molar-refractivity contribution in [1.29, 1.82) is 0 Å². The van der Waals surface area contributed by atoms with Crippen molar-refractivity contribution in [3.05, 3.63) is 95.1 Å². The molecule has 1 aliphatic carbocycles. The summed E-state index contributed by atoms with van der Waals surface area (Å²) in [5.74, 6) is -2.77. The predicted octanol–water partition coefficient (Wildman–Crippen LogP) is 4.83. The zero-order valence-electron chi connectivity index (χ0n) is 20.2. The summed E-state index contributed by atoms with van der Waals surface area (Å²) in [7, 11) is 1.60. The smallest absolute Gasteiger partial charge is 0.319 e. The van der Waals surface area contributed by atoms with Crippen LogP contribution in [0.25, 0.3) is 5.57 Å². The molecule has 1 fully saturated rings. The Hall–Kier alpha value is -4.19. The van der Waals surface area contributed by atoms with Crippen molar-refractivity contribution < 1.29 is 23.9 Å². The van der Waals surface area contributed by atoms with Gasteiger partial charge in [0.05, 0.1) is 30.6 Å². The number of amides is 2. The van der Waals surface area contributed by atoms with Gasteiger partial charge >= 0.3 is 5.97 Å². The largest absolute Gasteiger partial charge is 0.497 e. The van der Waals surface area contributed by atoms with Gasteiger partial charge in [-0.15, -0.1) is 0 Å². The number of anilines is 1. The van der Waals surface area contributed by atoms with Gasteiger partial charge in [-0.05, 0) is 60.4 Å². The maximum Gasteiger partial charge on any atom is 0.319 e. The number of carbonyl (C=O) groups excluding carboxylic acids is 3. The molecule has 6 nitrogen and oxygen atoms in total. The molecule has 36 heavy (non-hydrogen) atoms. The topological polar surface area (TPSA) is 72.9 Å². The standard InChI is InChI=1S/C30H25NO5/c1-16-8-13-20-22-15-21(18-9-11-19(35-3)12-10-18)25-27(26(22)30(34)36-24(20)14-16)29(33)31(28(25)32)23-7-5-4-6-17(23)2/h4-15,21,25-27H,1-3H3/t21-,25-,26-,27+/m0/s1. The summed E-state index contributed by atoms with van der Waals surface area (Å²) in [6.07, 6.45) is 1.99. The molecule has 1 saturated heterocycles. The van der Waals surface area contributed by atoms with Gasteiger partial charge in [0.2, 0.25) is 11.8 Å². The Balaban J connectivity index is 1.55. The van der Waals surface area contributed by atoms with Gasteiger partial charge in [-0.1, -0.05) is 48.5 Å². The number of para-hydroxylation sites is 1. The minimum atomic E-state index is -0.855. The summed E-state index contributed by atoms with van der Waals surface area (Å²) in [6, 6.07) is 20.6. The third-order valence-corrected chi connectivity index (χ3v) is 7.61. The van der Waals surface area contributed by atoms with Crippen LogP contribution in [0.4, 0.5) is 5.69 Å². The Morgan fingerprint density at radius 2 is 1.58 bits per heavy atom. The molecule has 0 bridgehead atoms. The summed E-state index contributed by atoms with van der Waals surface area (Å²) in [5.41, 5.74) is 4.76. The molecule has 0 N–H and O–H groups in total. The number of ether oxygens (including phenoxy) is 2. The van der Waals surface area contributed by atoms with Gasteiger partial charge in [-0.25, -0.2) is 4.90 Å². The Kier molecular flexibility index (Phi) is 5.07. The van der Waals surface area contributed by atoms with Gasteiger partial charge in [0.25, 0.3) is 0 Å². The van der Waals surface area contributed by atoms with Crippen LogP contribution >= 0.6 is 0 Å². The molecule has 2 heterocycles. The summed E-state index contributed by atoms with van der Waals surface area (Å²) in [5, 5.41) is 0. The first-order valence-electron chi connectivity index (χ1n) is 12.0. The third kappa shape index (κ3) is 3.21. The minimum Gasteiger partial charge on any atom is -0.497 e. The molecular weight excluding hydrogens is 454 g/mol. The van der Waals surface area contributed by atoms with Crippen molar-refractivity contribution in [2.24, 2.45) is 17.8 Å². The summed E-state index contributed by atoms with van der Waals surface area (Å²) in [4.78, 5) is 42.6. The number of fused-ring (bicyclic) bond motifs is 5. The molecule has 0 saturated carbocycles. The number of allylic oxidation sites excluding steroid dienone is 1. The molecular formula is C30H25NO5. The van der Waals surface area contributed by atoms with Crippen LogP contribution in [0.1, 0.15) is 28.2 Å². The molecule has 0 unspecified atom stereocenters. The van der Waals surface area contributed by atoms with Crippen molar-refractivity contribution in [3.63, 3.8) is 0 Å². The highest BCUT2D eigenvalue weighted by Gasteiger charge is 2.60. The summed E-state index contributed by atoms with van der Waals surface area (Å²) < 4.78 is 11.1. The number of carbonyl (C=O) groups is 3. The molecule has 6 rings (SSSR count). The molecule has 0 aromatic heterocycles. The molecule has 0 radical (unpaired) electrons. The lowest BCUT2D eigenvalue weighted by atomic mass is 9.64. The molecule has 6 heteroatoms. The van der Waals surface area contributed by atoms with E-state index in [2.05, 4.69) is 0 Å². The number of esters is 1. The number of imide groups is 1. The van der Waals surface area contributed by atoms with E-state index < -0.39 is 29.6 Å². The zero-order chi connectivity index (χ0) is 25.1. The van der Waals surface area contributed by atoms with E-state index in [-0.39, 0.29) is 11.8 Å². The molecule has 0 spiro atoms. The molecule has 180 valence electrons. The maximum atomic E-state index is 14.0. The highest BCUT2D eigenvalue weighted by atomic mass is 16.5. The number of methoxy groups -OCH3 is 1. The van der Waals surface area contributed by atoms with E-state index in [4.69, 9.17) is 9.47 Å². The van der Waals surface area contributed by atoms with E-state index in [0.717, 1.165) is 27.8 Å².